The van der Waals surface area contributed by atoms with Crippen molar-refractivity contribution in [3.05, 3.63) is 54.1 Å². The number of piperidine rings is 1. The number of hydrogen-bond acceptors (Lipinski definition) is 4. The van der Waals surface area contributed by atoms with E-state index in [9.17, 15) is 9.90 Å². The number of quaternary nitrogens is 1. The number of carbonyl (C=O) groups excluding carboxylic acids is 1. The van der Waals surface area contributed by atoms with E-state index in [0.717, 1.165) is 63.2 Å². The Morgan fingerprint density at radius 2 is 1.79 bits per heavy atom. The molecule has 0 bridgehead atoms. The first-order chi connectivity index (χ1) is 16.5. The van der Waals surface area contributed by atoms with Crippen molar-refractivity contribution in [1.82, 2.24) is 0 Å². The smallest absolute Gasteiger partial charge is 0.279 e. The Hall–Kier alpha value is -2.57. The van der Waals surface area contributed by atoms with E-state index in [-0.39, 0.29) is 17.9 Å². The van der Waals surface area contributed by atoms with Crippen LogP contribution in [0.5, 0.6) is 5.75 Å². The third-order valence-electron chi connectivity index (χ3n) is 7.93. The molecule has 2 aromatic rings. The first-order valence-corrected chi connectivity index (χ1v) is 12.8. The number of carbonyl (C=O) groups is 1. The van der Waals surface area contributed by atoms with E-state index in [2.05, 4.69) is 48.3 Å². The van der Waals surface area contributed by atoms with E-state index in [4.69, 9.17) is 4.74 Å². The van der Waals surface area contributed by atoms with Crippen LogP contribution in [0.25, 0.3) is 0 Å². The first-order valence-electron chi connectivity index (χ1n) is 12.8. The largest absolute Gasteiger partial charge is 0.497 e. The molecule has 1 saturated carbocycles. The fourth-order valence-electron chi connectivity index (χ4n) is 6.09. The number of likely N-dealkylation sites (tertiary alicyclic amines) is 1. The summed E-state index contributed by atoms with van der Waals surface area (Å²) in [5.74, 6) is 0.953. The van der Waals surface area contributed by atoms with Gasteiger partial charge in [-0.1, -0.05) is 25.0 Å². The van der Waals surface area contributed by atoms with Gasteiger partial charge in [-0.05, 0) is 63.1 Å². The summed E-state index contributed by atoms with van der Waals surface area (Å²) in [6.07, 6.45) is 4.89. The molecule has 4 rings (SSSR count). The predicted octanol–water partition coefficient (Wildman–Crippen LogP) is 3.43. The van der Waals surface area contributed by atoms with Gasteiger partial charge in [0, 0.05) is 42.4 Å². The normalized spacial score (nSPS) is 26.4. The Morgan fingerprint density at radius 3 is 2.44 bits per heavy atom. The van der Waals surface area contributed by atoms with Crippen LogP contribution < -0.4 is 19.9 Å². The Balaban J connectivity index is 1.55. The standard InChI is InChI=1S/C28H39N3O3/c1-4-30(5-2)23-13-9-21(10-14-23)27-25-8-6-7-17-28(25,33)18-19-31(27)20-26(32)29-22-11-15-24(34-3)16-12-22/h9-16,25,27,33H,4-8,17-20H2,1-3H3,(H,29,32)/p+1/t25-,27+,28-/m1/s1. The number of hydrogen-bond donors (Lipinski definition) is 3. The van der Waals surface area contributed by atoms with Gasteiger partial charge in [-0.25, -0.2) is 0 Å². The molecule has 1 saturated heterocycles. The lowest BCUT2D eigenvalue weighted by Crippen LogP contribution is -3.16. The van der Waals surface area contributed by atoms with Gasteiger partial charge in [0.1, 0.15) is 11.8 Å². The molecule has 2 fully saturated rings. The van der Waals surface area contributed by atoms with Gasteiger partial charge >= 0.3 is 0 Å². The van der Waals surface area contributed by atoms with Crippen molar-refractivity contribution in [2.75, 3.05) is 43.5 Å². The molecule has 2 aliphatic rings. The second-order valence-electron chi connectivity index (χ2n) is 9.81. The third-order valence-corrected chi connectivity index (χ3v) is 7.93. The van der Waals surface area contributed by atoms with Crippen molar-refractivity contribution in [1.29, 1.82) is 0 Å². The van der Waals surface area contributed by atoms with Crippen LogP contribution in [0.2, 0.25) is 0 Å². The average Bonchev–Trinajstić information content (AvgIpc) is 2.86. The molecular formula is C28H40N3O3+. The molecule has 1 unspecified atom stereocenters. The summed E-state index contributed by atoms with van der Waals surface area (Å²) in [5.41, 5.74) is 2.61. The van der Waals surface area contributed by atoms with E-state index >= 15 is 0 Å². The Labute approximate surface area is 203 Å². The minimum atomic E-state index is -0.615. The summed E-state index contributed by atoms with van der Waals surface area (Å²) in [6.45, 7) is 7.49. The van der Waals surface area contributed by atoms with Gasteiger partial charge in [0.2, 0.25) is 0 Å². The molecule has 6 heteroatoms. The molecule has 1 heterocycles. The summed E-state index contributed by atoms with van der Waals surface area (Å²) in [6, 6.07) is 16.4. The molecule has 184 valence electrons. The zero-order chi connectivity index (χ0) is 24.1. The average molecular weight is 467 g/mol. The molecule has 34 heavy (non-hydrogen) atoms. The highest BCUT2D eigenvalue weighted by atomic mass is 16.5. The predicted molar refractivity (Wildman–Crippen MR) is 137 cm³/mol. The Morgan fingerprint density at radius 1 is 1.09 bits per heavy atom. The number of aliphatic hydroxyl groups is 1. The van der Waals surface area contributed by atoms with Crippen molar-refractivity contribution < 1.29 is 19.5 Å². The van der Waals surface area contributed by atoms with E-state index < -0.39 is 5.60 Å². The number of nitrogens with zero attached hydrogens (tertiary/aromatic N) is 1. The summed E-state index contributed by atoms with van der Waals surface area (Å²) in [4.78, 5) is 16.6. The zero-order valence-corrected chi connectivity index (χ0v) is 20.8. The molecule has 0 spiro atoms. The number of ether oxygens (including phenoxy) is 1. The second-order valence-corrected chi connectivity index (χ2v) is 9.81. The monoisotopic (exact) mass is 466 g/mol. The molecular weight excluding hydrogens is 426 g/mol. The summed E-state index contributed by atoms with van der Waals surface area (Å²) in [7, 11) is 1.63. The van der Waals surface area contributed by atoms with Crippen LogP contribution in [-0.4, -0.2) is 49.9 Å². The molecule has 4 atom stereocenters. The van der Waals surface area contributed by atoms with Crippen molar-refractivity contribution in [3.8, 4) is 5.75 Å². The van der Waals surface area contributed by atoms with Crippen LogP contribution in [0.3, 0.4) is 0 Å². The maximum Gasteiger partial charge on any atom is 0.279 e. The summed E-state index contributed by atoms with van der Waals surface area (Å²) >= 11 is 0. The first kappa shape index (κ1) is 24.6. The fraction of sp³-hybridized carbons (Fsp3) is 0.536. The minimum absolute atomic E-state index is 0.00572. The lowest BCUT2D eigenvalue weighted by atomic mass is 9.66. The van der Waals surface area contributed by atoms with Gasteiger partial charge in [0.15, 0.2) is 6.54 Å². The number of rotatable bonds is 8. The molecule has 0 radical (unpaired) electrons. The molecule has 1 amide bonds. The zero-order valence-electron chi connectivity index (χ0n) is 20.8. The van der Waals surface area contributed by atoms with Crippen molar-refractivity contribution >= 4 is 17.3 Å². The number of anilines is 2. The lowest BCUT2D eigenvalue weighted by Gasteiger charge is -2.50. The fourth-order valence-corrected chi connectivity index (χ4v) is 6.09. The maximum absolute atomic E-state index is 13.0. The molecule has 1 aliphatic carbocycles. The van der Waals surface area contributed by atoms with Gasteiger partial charge in [-0.2, -0.15) is 0 Å². The topological polar surface area (TPSA) is 66.2 Å². The highest BCUT2D eigenvalue weighted by Crippen LogP contribution is 2.44. The number of amides is 1. The quantitative estimate of drug-likeness (QED) is 0.558. The van der Waals surface area contributed by atoms with Crippen molar-refractivity contribution in [2.45, 2.75) is 57.6 Å². The highest BCUT2D eigenvalue weighted by Gasteiger charge is 2.51. The molecule has 3 N–H and O–H groups in total. The molecule has 2 aromatic carbocycles. The van der Waals surface area contributed by atoms with Gasteiger partial charge < -0.3 is 25.0 Å². The van der Waals surface area contributed by atoms with Crippen LogP contribution in [0.15, 0.2) is 48.5 Å². The van der Waals surface area contributed by atoms with E-state index in [0.29, 0.717) is 6.54 Å². The Bertz CT molecular complexity index is 942. The third kappa shape index (κ3) is 5.23. The highest BCUT2D eigenvalue weighted by molar-refractivity contribution is 5.91. The minimum Gasteiger partial charge on any atom is -0.497 e. The van der Waals surface area contributed by atoms with Crippen LogP contribution in [0.4, 0.5) is 11.4 Å². The van der Waals surface area contributed by atoms with E-state index in [1.54, 1.807) is 7.11 Å². The number of fused-ring (bicyclic) bond motifs is 1. The van der Waals surface area contributed by atoms with Crippen LogP contribution in [-0.2, 0) is 4.79 Å². The van der Waals surface area contributed by atoms with E-state index in [1.165, 1.54) is 16.2 Å². The van der Waals surface area contributed by atoms with Crippen LogP contribution in [0.1, 0.15) is 57.6 Å². The van der Waals surface area contributed by atoms with Crippen LogP contribution >= 0.6 is 0 Å². The summed E-state index contributed by atoms with van der Waals surface area (Å²) < 4.78 is 5.21. The number of benzene rings is 2. The second kappa shape index (κ2) is 10.8. The molecule has 1 aliphatic heterocycles. The number of nitrogens with one attached hydrogen (secondary N) is 2. The molecule has 0 aromatic heterocycles. The lowest BCUT2D eigenvalue weighted by molar-refractivity contribution is -0.937. The van der Waals surface area contributed by atoms with Gasteiger partial charge in [-0.3, -0.25) is 4.79 Å². The van der Waals surface area contributed by atoms with Crippen molar-refractivity contribution in [3.63, 3.8) is 0 Å². The SMILES string of the molecule is CCN(CC)c1ccc([C@H]2[C@H]3CCCC[C@@]3(O)CC[NH+]2CC(=O)Nc2ccc(OC)cc2)cc1. The maximum atomic E-state index is 13.0. The van der Waals surface area contributed by atoms with Gasteiger partial charge in [-0.15, -0.1) is 0 Å². The van der Waals surface area contributed by atoms with E-state index in [1.807, 2.05) is 24.3 Å². The summed E-state index contributed by atoms with van der Waals surface area (Å²) in [5, 5.41) is 14.6. The number of methoxy groups -OCH3 is 1. The Kier molecular flexibility index (Phi) is 7.79. The molecule has 6 nitrogen and oxygen atoms in total. The van der Waals surface area contributed by atoms with Crippen LogP contribution in [0, 0.1) is 5.92 Å². The van der Waals surface area contributed by atoms with Crippen molar-refractivity contribution in [2.24, 2.45) is 5.92 Å². The van der Waals surface area contributed by atoms with Gasteiger partial charge in [0.05, 0.1) is 19.3 Å². The van der Waals surface area contributed by atoms with Gasteiger partial charge in [0.25, 0.3) is 5.91 Å².